The molecule has 19 heavy (non-hydrogen) atoms. The molecule has 0 saturated heterocycles. The summed E-state index contributed by atoms with van der Waals surface area (Å²) in [6.07, 6.45) is 9.91. The average Bonchev–Trinajstić information content (AvgIpc) is 2.89. The van der Waals surface area contributed by atoms with Crippen LogP contribution in [0.25, 0.3) is 0 Å². The molecule has 1 N–H and O–H groups in total. The Morgan fingerprint density at radius 1 is 1.16 bits per heavy atom. The van der Waals surface area contributed by atoms with Gasteiger partial charge in [-0.25, -0.2) is 0 Å². The van der Waals surface area contributed by atoms with Crippen molar-refractivity contribution in [2.75, 3.05) is 20.1 Å². The molecule has 0 bridgehead atoms. The van der Waals surface area contributed by atoms with Gasteiger partial charge in [-0.05, 0) is 57.0 Å². The molecule has 0 aromatic carbocycles. The van der Waals surface area contributed by atoms with Gasteiger partial charge in [0.15, 0.2) is 0 Å². The van der Waals surface area contributed by atoms with Crippen molar-refractivity contribution in [3.05, 3.63) is 0 Å². The largest absolute Gasteiger partial charge is 0.317 e. The highest BCUT2D eigenvalue weighted by Crippen LogP contribution is 2.39. The maximum absolute atomic E-state index is 3.59. The van der Waals surface area contributed by atoms with Crippen LogP contribution in [0.3, 0.4) is 0 Å². The van der Waals surface area contributed by atoms with Crippen LogP contribution < -0.4 is 5.32 Å². The van der Waals surface area contributed by atoms with Crippen molar-refractivity contribution in [2.45, 2.75) is 77.8 Å². The third-order valence-electron chi connectivity index (χ3n) is 5.60. The van der Waals surface area contributed by atoms with E-state index in [1.807, 2.05) is 0 Å². The molecular weight excluding hydrogens is 232 g/mol. The first-order chi connectivity index (χ1) is 9.05. The molecule has 0 aliphatic heterocycles. The summed E-state index contributed by atoms with van der Waals surface area (Å²) in [7, 11) is 2.15. The standard InChI is InChI=1S/C17H34N2/c1-5-19(15-8-6-7-9-15)13-14-12-17(2,3)11-10-16(14)18-4/h14-16,18H,5-13H2,1-4H3. The van der Waals surface area contributed by atoms with Crippen LogP contribution in [0.2, 0.25) is 0 Å². The Balaban J connectivity index is 1.96. The Labute approximate surface area is 120 Å². The molecule has 2 rings (SSSR count). The lowest BCUT2D eigenvalue weighted by molar-refractivity contribution is 0.0871. The Morgan fingerprint density at radius 3 is 2.42 bits per heavy atom. The molecule has 2 nitrogen and oxygen atoms in total. The van der Waals surface area contributed by atoms with Gasteiger partial charge in [-0.3, -0.25) is 0 Å². The molecule has 2 heteroatoms. The summed E-state index contributed by atoms with van der Waals surface area (Å²) in [5.74, 6) is 0.842. The van der Waals surface area contributed by atoms with Crippen LogP contribution in [0.5, 0.6) is 0 Å². The van der Waals surface area contributed by atoms with E-state index in [0.29, 0.717) is 5.41 Å². The zero-order valence-corrected chi connectivity index (χ0v) is 13.5. The Kier molecular flexibility index (Phi) is 5.30. The van der Waals surface area contributed by atoms with Gasteiger partial charge in [0.05, 0.1) is 0 Å². The summed E-state index contributed by atoms with van der Waals surface area (Å²) in [5, 5.41) is 3.59. The third-order valence-corrected chi connectivity index (χ3v) is 5.60. The van der Waals surface area contributed by atoms with Crippen molar-refractivity contribution in [1.82, 2.24) is 10.2 Å². The minimum atomic E-state index is 0.549. The fourth-order valence-corrected chi connectivity index (χ4v) is 4.41. The van der Waals surface area contributed by atoms with E-state index in [-0.39, 0.29) is 0 Å². The van der Waals surface area contributed by atoms with Crippen molar-refractivity contribution in [3.63, 3.8) is 0 Å². The molecule has 0 amide bonds. The Bertz CT molecular complexity index is 268. The second kappa shape index (κ2) is 6.58. The Morgan fingerprint density at radius 2 is 1.84 bits per heavy atom. The van der Waals surface area contributed by atoms with Crippen molar-refractivity contribution in [3.8, 4) is 0 Å². The van der Waals surface area contributed by atoms with E-state index < -0.39 is 0 Å². The van der Waals surface area contributed by atoms with Gasteiger partial charge in [0, 0.05) is 18.6 Å². The second-order valence-electron chi connectivity index (χ2n) is 7.59. The summed E-state index contributed by atoms with van der Waals surface area (Å²) in [4.78, 5) is 2.78. The summed E-state index contributed by atoms with van der Waals surface area (Å²) < 4.78 is 0. The van der Waals surface area contributed by atoms with Gasteiger partial charge < -0.3 is 10.2 Å². The van der Waals surface area contributed by atoms with E-state index in [2.05, 4.69) is 38.0 Å². The number of nitrogens with one attached hydrogen (secondary N) is 1. The van der Waals surface area contributed by atoms with Gasteiger partial charge in [-0.15, -0.1) is 0 Å². The van der Waals surface area contributed by atoms with Crippen LogP contribution in [0, 0.1) is 11.3 Å². The number of hydrogen-bond acceptors (Lipinski definition) is 2. The first kappa shape index (κ1) is 15.3. The quantitative estimate of drug-likeness (QED) is 0.817. The SMILES string of the molecule is CCN(CC1CC(C)(C)CCC1NC)C1CCCC1. The summed E-state index contributed by atoms with van der Waals surface area (Å²) in [6, 6.07) is 1.62. The van der Waals surface area contributed by atoms with Gasteiger partial charge in [0.1, 0.15) is 0 Å². The van der Waals surface area contributed by atoms with Crippen LogP contribution in [-0.4, -0.2) is 37.1 Å². The summed E-state index contributed by atoms with van der Waals surface area (Å²) in [5.41, 5.74) is 0.549. The molecule has 2 fully saturated rings. The van der Waals surface area contributed by atoms with E-state index in [1.54, 1.807) is 0 Å². The van der Waals surface area contributed by atoms with Gasteiger partial charge in [0.2, 0.25) is 0 Å². The lowest BCUT2D eigenvalue weighted by Crippen LogP contribution is -2.48. The van der Waals surface area contributed by atoms with Crippen molar-refractivity contribution in [2.24, 2.45) is 11.3 Å². The molecule has 2 unspecified atom stereocenters. The summed E-state index contributed by atoms with van der Waals surface area (Å²) >= 11 is 0. The van der Waals surface area contributed by atoms with Gasteiger partial charge in [0.25, 0.3) is 0 Å². The molecule has 0 aromatic heterocycles. The highest BCUT2D eigenvalue weighted by molar-refractivity contribution is 4.91. The second-order valence-corrected chi connectivity index (χ2v) is 7.59. The normalized spacial score (nSPS) is 32.1. The lowest BCUT2D eigenvalue weighted by Gasteiger charge is -2.43. The lowest BCUT2D eigenvalue weighted by atomic mass is 9.69. The zero-order chi connectivity index (χ0) is 13.9. The highest BCUT2D eigenvalue weighted by atomic mass is 15.2. The van der Waals surface area contributed by atoms with Crippen LogP contribution in [0.1, 0.15) is 65.7 Å². The van der Waals surface area contributed by atoms with Gasteiger partial charge in [-0.1, -0.05) is 33.6 Å². The van der Waals surface area contributed by atoms with E-state index >= 15 is 0 Å². The van der Waals surface area contributed by atoms with E-state index in [4.69, 9.17) is 0 Å². The van der Waals surface area contributed by atoms with Crippen LogP contribution in [0.4, 0.5) is 0 Å². The molecule has 0 aromatic rings. The minimum absolute atomic E-state index is 0.549. The van der Waals surface area contributed by atoms with Crippen molar-refractivity contribution < 1.29 is 0 Å². The van der Waals surface area contributed by atoms with E-state index in [9.17, 15) is 0 Å². The van der Waals surface area contributed by atoms with Gasteiger partial charge in [-0.2, -0.15) is 0 Å². The van der Waals surface area contributed by atoms with Gasteiger partial charge >= 0.3 is 0 Å². The fourth-order valence-electron chi connectivity index (χ4n) is 4.41. The summed E-state index contributed by atoms with van der Waals surface area (Å²) in [6.45, 7) is 9.81. The first-order valence-electron chi connectivity index (χ1n) is 8.47. The topological polar surface area (TPSA) is 15.3 Å². The van der Waals surface area contributed by atoms with Crippen LogP contribution in [-0.2, 0) is 0 Å². The maximum atomic E-state index is 3.59. The molecular formula is C17H34N2. The predicted molar refractivity (Wildman–Crippen MR) is 83.5 cm³/mol. The maximum Gasteiger partial charge on any atom is 0.0105 e. The number of nitrogens with zero attached hydrogens (tertiary/aromatic N) is 1. The fraction of sp³-hybridized carbons (Fsp3) is 1.00. The molecule has 0 radical (unpaired) electrons. The Hall–Kier alpha value is -0.0800. The van der Waals surface area contributed by atoms with Crippen molar-refractivity contribution >= 4 is 0 Å². The first-order valence-corrected chi connectivity index (χ1v) is 8.47. The predicted octanol–water partition coefficient (Wildman–Crippen LogP) is 3.67. The highest BCUT2D eigenvalue weighted by Gasteiger charge is 2.36. The molecule has 2 aliphatic carbocycles. The van der Waals surface area contributed by atoms with E-state index in [0.717, 1.165) is 18.0 Å². The molecule has 2 saturated carbocycles. The molecule has 2 aliphatic rings. The van der Waals surface area contributed by atoms with Crippen LogP contribution in [0.15, 0.2) is 0 Å². The number of rotatable bonds is 5. The average molecular weight is 266 g/mol. The molecule has 0 spiro atoms. The van der Waals surface area contributed by atoms with Crippen molar-refractivity contribution in [1.29, 1.82) is 0 Å². The zero-order valence-electron chi connectivity index (χ0n) is 13.5. The minimum Gasteiger partial charge on any atom is -0.317 e. The number of hydrogen-bond donors (Lipinski definition) is 1. The molecule has 0 heterocycles. The molecule has 2 atom stereocenters. The monoisotopic (exact) mass is 266 g/mol. The molecule has 112 valence electrons. The van der Waals surface area contributed by atoms with E-state index in [1.165, 1.54) is 58.0 Å². The third kappa shape index (κ3) is 3.95. The van der Waals surface area contributed by atoms with Crippen LogP contribution >= 0.6 is 0 Å². The smallest absolute Gasteiger partial charge is 0.0105 e.